The summed E-state index contributed by atoms with van der Waals surface area (Å²) in [5.74, 6) is 0.333. The molecule has 2 heterocycles. The van der Waals surface area contributed by atoms with Gasteiger partial charge < -0.3 is 10.1 Å². The number of carbonyl (C=O) groups is 1. The first kappa shape index (κ1) is 15.7. The minimum atomic E-state index is -0.367. The average Bonchev–Trinajstić information content (AvgIpc) is 2.98. The fraction of sp³-hybridized carbons (Fsp3) is 0.158. The second-order valence-electron chi connectivity index (χ2n) is 5.90. The molecule has 0 saturated heterocycles. The number of benzene rings is 2. The Kier molecular flexibility index (Phi) is 3.73. The predicted octanol–water partition coefficient (Wildman–Crippen LogP) is 4.15. The molecule has 0 fully saturated rings. The third-order valence-electron chi connectivity index (χ3n) is 4.42. The molecule has 25 heavy (non-hydrogen) atoms. The quantitative estimate of drug-likeness (QED) is 0.703. The average molecular weight is 354 g/mol. The van der Waals surface area contributed by atoms with E-state index in [-0.39, 0.29) is 12.0 Å². The number of fused-ring (bicyclic) bond motifs is 3. The fourth-order valence-electron chi connectivity index (χ4n) is 3.30. The highest BCUT2D eigenvalue weighted by molar-refractivity contribution is 6.30. The van der Waals surface area contributed by atoms with E-state index in [1.807, 2.05) is 60.0 Å². The number of hydrogen-bond donors (Lipinski definition) is 1. The molecule has 6 heteroatoms. The van der Waals surface area contributed by atoms with E-state index < -0.39 is 0 Å². The molecule has 0 radical (unpaired) electrons. The highest BCUT2D eigenvalue weighted by atomic mass is 35.5. The maximum absolute atomic E-state index is 12.5. The van der Waals surface area contributed by atoms with Crippen LogP contribution in [0.4, 0.5) is 5.95 Å². The smallest absolute Gasteiger partial charge is 0.337 e. The van der Waals surface area contributed by atoms with Crippen LogP contribution < -0.4 is 5.32 Å². The van der Waals surface area contributed by atoms with Crippen molar-refractivity contribution in [3.8, 4) is 0 Å². The van der Waals surface area contributed by atoms with Gasteiger partial charge in [0.05, 0.1) is 29.8 Å². The number of allylic oxidation sites excluding steroid dienone is 1. The molecule has 0 saturated carbocycles. The van der Waals surface area contributed by atoms with Crippen molar-refractivity contribution in [2.75, 3.05) is 12.4 Å². The molecule has 0 unspecified atom stereocenters. The number of rotatable bonds is 2. The molecule has 1 atom stereocenters. The molecule has 0 bridgehead atoms. The third kappa shape index (κ3) is 2.48. The van der Waals surface area contributed by atoms with Crippen LogP contribution in [0.15, 0.2) is 59.8 Å². The van der Waals surface area contributed by atoms with Crippen molar-refractivity contribution in [3.63, 3.8) is 0 Å². The summed E-state index contributed by atoms with van der Waals surface area (Å²) in [5.41, 5.74) is 4.03. The zero-order valence-corrected chi connectivity index (χ0v) is 14.5. The Bertz CT molecular complexity index is 1010. The van der Waals surface area contributed by atoms with Crippen molar-refractivity contribution >= 4 is 34.6 Å². The molecule has 1 aromatic heterocycles. The van der Waals surface area contributed by atoms with Crippen molar-refractivity contribution in [2.45, 2.75) is 13.0 Å². The molecule has 1 N–H and O–H groups in total. The van der Waals surface area contributed by atoms with E-state index in [2.05, 4.69) is 10.3 Å². The number of hydrogen-bond acceptors (Lipinski definition) is 4. The van der Waals surface area contributed by atoms with Gasteiger partial charge in [-0.25, -0.2) is 9.78 Å². The SMILES string of the molecule is COC(=O)C1=C(C)Nc2nc3ccccc3n2[C@@H]1c1ccc(Cl)cc1. The third-order valence-corrected chi connectivity index (χ3v) is 4.67. The molecule has 0 amide bonds. The van der Waals surface area contributed by atoms with Gasteiger partial charge in [0.2, 0.25) is 5.95 Å². The van der Waals surface area contributed by atoms with Crippen molar-refractivity contribution in [2.24, 2.45) is 0 Å². The van der Waals surface area contributed by atoms with Gasteiger partial charge in [-0.2, -0.15) is 0 Å². The summed E-state index contributed by atoms with van der Waals surface area (Å²) >= 11 is 6.04. The van der Waals surface area contributed by atoms with Crippen molar-refractivity contribution in [1.29, 1.82) is 0 Å². The maximum Gasteiger partial charge on any atom is 0.337 e. The van der Waals surface area contributed by atoms with E-state index >= 15 is 0 Å². The van der Waals surface area contributed by atoms with Gasteiger partial charge in [0.1, 0.15) is 0 Å². The second kappa shape index (κ2) is 5.93. The highest BCUT2D eigenvalue weighted by Gasteiger charge is 2.34. The molecule has 0 spiro atoms. The Labute approximate surface area is 149 Å². The number of imidazole rings is 1. The Morgan fingerprint density at radius 2 is 1.92 bits per heavy atom. The molecule has 1 aliphatic heterocycles. The predicted molar refractivity (Wildman–Crippen MR) is 97.7 cm³/mol. The van der Waals surface area contributed by atoms with Gasteiger partial charge in [0, 0.05) is 10.7 Å². The molecular formula is C19H16ClN3O2. The molecule has 0 aliphatic carbocycles. The molecule has 5 nitrogen and oxygen atoms in total. The summed E-state index contributed by atoms with van der Waals surface area (Å²) in [6, 6.07) is 15.0. The van der Waals surface area contributed by atoms with Crippen LogP contribution in [0.5, 0.6) is 0 Å². The van der Waals surface area contributed by atoms with Crippen LogP contribution in [0.3, 0.4) is 0 Å². The number of esters is 1. The van der Waals surface area contributed by atoms with Crippen molar-refractivity contribution in [1.82, 2.24) is 9.55 Å². The first-order chi connectivity index (χ1) is 12.1. The van der Waals surface area contributed by atoms with Crippen molar-refractivity contribution in [3.05, 3.63) is 70.4 Å². The lowest BCUT2D eigenvalue weighted by molar-refractivity contribution is -0.136. The van der Waals surface area contributed by atoms with E-state index in [1.54, 1.807) is 0 Å². The van der Waals surface area contributed by atoms with Gasteiger partial charge in [0.15, 0.2) is 0 Å². The van der Waals surface area contributed by atoms with Crippen LogP contribution in [0.1, 0.15) is 18.5 Å². The van der Waals surface area contributed by atoms with Gasteiger partial charge in [-0.1, -0.05) is 35.9 Å². The topological polar surface area (TPSA) is 56.1 Å². The Morgan fingerprint density at radius 1 is 1.20 bits per heavy atom. The minimum Gasteiger partial charge on any atom is -0.466 e. The number of anilines is 1. The fourth-order valence-corrected chi connectivity index (χ4v) is 3.42. The molecule has 2 aromatic carbocycles. The largest absolute Gasteiger partial charge is 0.466 e. The van der Waals surface area contributed by atoms with E-state index in [0.717, 1.165) is 22.3 Å². The molecule has 4 rings (SSSR count). The summed E-state index contributed by atoms with van der Waals surface area (Å²) in [6.45, 7) is 1.86. The Morgan fingerprint density at radius 3 is 2.64 bits per heavy atom. The lowest BCUT2D eigenvalue weighted by atomic mass is 9.95. The molecule has 1 aliphatic rings. The summed E-state index contributed by atoms with van der Waals surface area (Å²) in [4.78, 5) is 17.2. The number of ether oxygens (including phenoxy) is 1. The lowest BCUT2D eigenvalue weighted by Crippen LogP contribution is -2.28. The first-order valence-corrected chi connectivity index (χ1v) is 8.26. The number of para-hydroxylation sites is 2. The molecule has 3 aromatic rings. The monoisotopic (exact) mass is 353 g/mol. The number of aromatic nitrogens is 2. The van der Waals surface area contributed by atoms with E-state index in [1.165, 1.54) is 7.11 Å². The standard InChI is InChI=1S/C19H16ClN3O2/c1-11-16(18(24)25-2)17(12-7-9-13(20)10-8-12)23-15-6-4-3-5-14(15)22-19(23)21-11/h3-10,17H,1-2H3,(H,21,22)/t17-/m1/s1. The van der Waals surface area contributed by atoms with E-state index in [9.17, 15) is 4.79 Å². The van der Waals surface area contributed by atoms with Gasteiger partial charge in [-0.15, -0.1) is 0 Å². The minimum absolute atomic E-state index is 0.339. The number of nitrogens with one attached hydrogen (secondary N) is 1. The van der Waals surface area contributed by atoms with Crippen LogP contribution in [-0.2, 0) is 9.53 Å². The second-order valence-corrected chi connectivity index (χ2v) is 6.34. The highest BCUT2D eigenvalue weighted by Crippen LogP contribution is 2.39. The van der Waals surface area contributed by atoms with Crippen LogP contribution in [0, 0.1) is 0 Å². The summed E-state index contributed by atoms with van der Waals surface area (Å²) in [6.07, 6.45) is 0. The van der Waals surface area contributed by atoms with Crippen LogP contribution in [0.25, 0.3) is 11.0 Å². The van der Waals surface area contributed by atoms with E-state index in [4.69, 9.17) is 16.3 Å². The van der Waals surface area contributed by atoms with Crippen LogP contribution in [-0.4, -0.2) is 22.6 Å². The van der Waals surface area contributed by atoms with Gasteiger partial charge in [-0.3, -0.25) is 4.57 Å². The number of carbonyl (C=O) groups excluding carboxylic acids is 1. The molecule has 126 valence electrons. The van der Waals surface area contributed by atoms with Crippen LogP contribution in [0.2, 0.25) is 5.02 Å². The molecular weight excluding hydrogens is 338 g/mol. The number of halogens is 1. The first-order valence-electron chi connectivity index (χ1n) is 7.88. The van der Waals surface area contributed by atoms with Gasteiger partial charge in [0.25, 0.3) is 0 Å². The Balaban J connectivity index is 2.01. The van der Waals surface area contributed by atoms with Gasteiger partial charge in [-0.05, 0) is 36.8 Å². The van der Waals surface area contributed by atoms with Crippen LogP contribution >= 0.6 is 11.6 Å². The van der Waals surface area contributed by atoms with Crippen molar-refractivity contribution < 1.29 is 9.53 Å². The lowest BCUT2D eigenvalue weighted by Gasteiger charge is -2.30. The van der Waals surface area contributed by atoms with E-state index in [0.29, 0.717) is 16.5 Å². The zero-order valence-electron chi connectivity index (χ0n) is 13.8. The maximum atomic E-state index is 12.5. The Hall–Kier alpha value is -2.79. The number of methoxy groups -OCH3 is 1. The summed E-state index contributed by atoms with van der Waals surface area (Å²) < 4.78 is 7.07. The number of nitrogens with zero attached hydrogens (tertiary/aromatic N) is 2. The summed E-state index contributed by atoms with van der Waals surface area (Å²) in [7, 11) is 1.39. The van der Waals surface area contributed by atoms with Gasteiger partial charge >= 0.3 is 5.97 Å². The summed E-state index contributed by atoms with van der Waals surface area (Å²) in [5, 5.41) is 3.88. The zero-order chi connectivity index (χ0) is 17.6. The normalized spacial score (nSPS) is 16.5.